The first-order chi connectivity index (χ1) is 6.47. The number of hydrogen-bond donors (Lipinski definition) is 1. The summed E-state index contributed by atoms with van der Waals surface area (Å²) in [5.41, 5.74) is 7.16. The molecule has 1 aliphatic rings. The van der Waals surface area contributed by atoms with Crippen molar-refractivity contribution in [2.75, 3.05) is 0 Å². The van der Waals surface area contributed by atoms with Gasteiger partial charge >= 0.3 is 0 Å². The molecule has 1 saturated carbocycles. The maximum absolute atomic E-state index is 6.42. The molecule has 1 fully saturated rings. The van der Waals surface area contributed by atoms with E-state index in [-0.39, 0.29) is 5.54 Å². The molecular weight excluding hydrogens is 170 g/mol. The van der Waals surface area contributed by atoms with E-state index >= 15 is 0 Å². The summed E-state index contributed by atoms with van der Waals surface area (Å²) in [6, 6.07) is 0. The van der Waals surface area contributed by atoms with Crippen molar-refractivity contribution in [1.82, 2.24) is 0 Å². The fourth-order valence-corrected chi connectivity index (χ4v) is 2.40. The third-order valence-electron chi connectivity index (χ3n) is 3.88. The number of hydrogen-bond acceptors (Lipinski definition) is 1. The van der Waals surface area contributed by atoms with Gasteiger partial charge in [-0.3, -0.25) is 0 Å². The van der Waals surface area contributed by atoms with E-state index in [1.807, 2.05) is 0 Å². The average molecular weight is 197 g/mol. The van der Waals surface area contributed by atoms with Crippen LogP contribution in [-0.2, 0) is 0 Å². The minimum Gasteiger partial charge on any atom is -0.325 e. The smallest absolute Gasteiger partial charge is 0.0154 e. The highest BCUT2D eigenvalue weighted by Gasteiger charge is 2.34. The summed E-state index contributed by atoms with van der Waals surface area (Å²) >= 11 is 0. The minimum absolute atomic E-state index is 0.185. The van der Waals surface area contributed by atoms with Crippen LogP contribution in [0.15, 0.2) is 0 Å². The van der Waals surface area contributed by atoms with Crippen LogP contribution in [0.4, 0.5) is 0 Å². The van der Waals surface area contributed by atoms with Crippen molar-refractivity contribution in [2.45, 2.75) is 77.7 Å². The number of rotatable bonds is 4. The summed E-state index contributed by atoms with van der Waals surface area (Å²) in [5, 5.41) is 0. The van der Waals surface area contributed by atoms with Gasteiger partial charge in [0.2, 0.25) is 0 Å². The third-order valence-corrected chi connectivity index (χ3v) is 3.88. The molecular formula is C13H27N. The number of unbranched alkanes of at least 4 members (excludes halogenated alkanes) is 2. The van der Waals surface area contributed by atoms with Crippen molar-refractivity contribution in [2.24, 2.45) is 11.1 Å². The van der Waals surface area contributed by atoms with Gasteiger partial charge in [-0.1, -0.05) is 40.0 Å². The van der Waals surface area contributed by atoms with E-state index in [1.165, 1.54) is 51.4 Å². The Morgan fingerprint density at radius 3 is 2.07 bits per heavy atom. The first-order valence-electron chi connectivity index (χ1n) is 6.26. The van der Waals surface area contributed by atoms with Crippen molar-refractivity contribution < 1.29 is 0 Å². The zero-order valence-corrected chi connectivity index (χ0v) is 10.2. The molecule has 0 aliphatic heterocycles. The van der Waals surface area contributed by atoms with Crippen LogP contribution in [-0.4, -0.2) is 5.54 Å². The molecule has 0 bridgehead atoms. The van der Waals surface area contributed by atoms with Gasteiger partial charge in [0, 0.05) is 5.54 Å². The number of nitrogens with two attached hydrogens (primary N) is 1. The van der Waals surface area contributed by atoms with Gasteiger partial charge in [-0.2, -0.15) is 0 Å². The topological polar surface area (TPSA) is 26.0 Å². The predicted molar refractivity (Wildman–Crippen MR) is 63.3 cm³/mol. The van der Waals surface area contributed by atoms with E-state index in [2.05, 4.69) is 20.8 Å². The lowest BCUT2D eigenvalue weighted by atomic mass is 9.68. The van der Waals surface area contributed by atoms with E-state index in [0.717, 1.165) is 0 Å². The Hall–Kier alpha value is -0.0400. The van der Waals surface area contributed by atoms with Crippen molar-refractivity contribution >= 4 is 0 Å². The van der Waals surface area contributed by atoms with Crippen LogP contribution in [0, 0.1) is 5.41 Å². The van der Waals surface area contributed by atoms with Crippen molar-refractivity contribution in [1.29, 1.82) is 0 Å². The molecule has 0 amide bonds. The molecule has 0 aromatic carbocycles. The highest BCUT2D eigenvalue weighted by molar-refractivity contribution is 4.92. The van der Waals surface area contributed by atoms with Gasteiger partial charge in [-0.05, 0) is 37.5 Å². The van der Waals surface area contributed by atoms with Crippen LogP contribution in [0.5, 0.6) is 0 Å². The van der Waals surface area contributed by atoms with Crippen LogP contribution < -0.4 is 5.73 Å². The lowest BCUT2D eigenvalue weighted by molar-refractivity contribution is 0.155. The zero-order valence-electron chi connectivity index (χ0n) is 10.2. The standard InChI is InChI=1S/C13H27N/c1-4-5-6-7-13(14)10-8-12(2,3)9-11-13/h4-11,14H2,1-3H3. The fourth-order valence-electron chi connectivity index (χ4n) is 2.40. The van der Waals surface area contributed by atoms with Crippen LogP contribution in [0.3, 0.4) is 0 Å². The largest absolute Gasteiger partial charge is 0.325 e. The van der Waals surface area contributed by atoms with E-state index in [4.69, 9.17) is 5.73 Å². The van der Waals surface area contributed by atoms with Gasteiger partial charge in [-0.25, -0.2) is 0 Å². The molecule has 0 aromatic heterocycles. The third kappa shape index (κ3) is 3.61. The molecule has 14 heavy (non-hydrogen) atoms. The Morgan fingerprint density at radius 2 is 1.57 bits per heavy atom. The molecule has 1 heteroatoms. The zero-order chi connectivity index (χ0) is 10.7. The molecule has 1 rings (SSSR count). The van der Waals surface area contributed by atoms with Crippen LogP contribution >= 0.6 is 0 Å². The second-order valence-electron chi connectivity index (χ2n) is 5.98. The summed E-state index contributed by atoms with van der Waals surface area (Å²) in [6.45, 7) is 7.00. The van der Waals surface area contributed by atoms with E-state index in [1.54, 1.807) is 0 Å². The average Bonchev–Trinajstić information content (AvgIpc) is 2.12. The molecule has 84 valence electrons. The quantitative estimate of drug-likeness (QED) is 0.680. The molecule has 0 atom stereocenters. The molecule has 2 N–H and O–H groups in total. The Balaban J connectivity index is 2.30. The Labute approximate surface area is 89.5 Å². The van der Waals surface area contributed by atoms with Gasteiger partial charge in [0.15, 0.2) is 0 Å². The lowest BCUT2D eigenvalue weighted by Gasteiger charge is -2.41. The van der Waals surface area contributed by atoms with Gasteiger partial charge in [0.25, 0.3) is 0 Å². The van der Waals surface area contributed by atoms with Crippen molar-refractivity contribution in [3.8, 4) is 0 Å². The highest BCUT2D eigenvalue weighted by Crippen LogP contribution is 2.40. The monoisotopic (exact) mass is 197 g/mol. The fraction of sp³-hybridized carbons (Fsp3) is 1.00. The predicted octanol–water partition coefficient (Wildman–Crippen LogP) is 3.86. The van der Waals surface area contributed by atoms with Gasteiger partial charge < -0.3 is 5.73 Å². The summed E-state index contributed by atoms with van der Waals surface area (Å²) in [4.78, 5) is 0. The Bertz CT molecular complexity index is 162. The summed E-state index contributed by atoms with van der Waals surface area (Å²) < 4.78 is 0. The molecule has 0 heterocycles. The molecule has 0 unspecified atom stereocenters. The van der Waals surface area contributed by atoms with E-state index in [0.29, 0.717) is 5.41 Å². The maximum atomic E-state index is 6.42. The van der Waals surface area contributed by atoms with Gasteiger partial charge in [0.05, 0.1) is 0 Å². The molecule has 0 spiro atoms. The highest BCUT2D eigenvalue weighted by atomic mass is 14.7. The minimum atomic E-state index is 0.185. The second-order valence-corrected chi connectivity index (χ2v) is 5.98. The van der Waals surface area contributed by atoms with E-state index in [9.17, 15) is 0 Å². The van der Waals surface area contributed by atoms with Gasteiger partial charge in [-0.15, -0.1) is 0 Å². The Kier molecular flexibility index (Phi) is 4.00. The van der Waals surface area contributed by atoms with Crippen LogP contribution in [0.2, 0.25) is 0 Å². The molecule has 0 radical (unpaired) electrons. The summed E-state index contributed by atoms with van der Waals surface area (Å²) in [6.07, 6.45) is 10.3. The van der Waals surface area contributed by atoms with Gasteiger partial charge in [0.1, 0.15) is 0 Å². The summed E-state index contributed by atoms with van der Waals surface area (Å²) in [5.74, 6) is 0. The Morgan fingerprint density at radius 1 is 1.00 bits per heavy atom. The molecule has 1 nitrogen and oxygen atoms in total. The van der Waals surface area contributed by atoms with Crippen LogP contribution in [0.25, 0.3) is 0 Å². The SMILES string of the molecule is CCCCCC1(N)CCC(C)(C)CC1. The van der Waals surface area contributed by atoms with Crippen LogP contribution in [0.1, 0.15) is 72.1 Å². The lowest BCUT2D eigenvalue weighted by Crippen LogP contribution is -2.44. The normalized spacial score (nSPS) is 24.9. The van der Waals surface area contributed by atoms with Crippen molar-refractivity contribution in [3.63, 3.8) is 0 Å². The summed E-state index contributed by atoms with van der Waals surface area (Å²) in [7, 11) is 0. The first kappa shape index (κ1) is 12.0. The van der Waals surface area contributed by atoms with Crippen molar-refractivity contribution in [3.05, 3.63) is 0 Å². The van der Waals surface area contributed by atoms with E-state index < -0.39 is 0 Å². The molecule has 0 saturated heterocycles. The second kappa shape index (κ2) is 4.65. The molecule has 0 aromatic rings. The molecule has 1 aliphatic carbocycles. The first-order valence-corrected chi connectivity index (χ1v) is 6.26. The maximum Gasteiger partial charge on any atom is 0.0154 e.